The normalized spacial score (nSPS) is 11.3. The lowest BCUT2D eigenvalue weighted by molar-refractivity contribution is 0.0840. The minimum atomic E-state index is -0.170. The predicted octanol–water partition coefficient (Wildman–Crippen LogP) is 3.39. The number of carbonyl (C=O) groups is 1. The zero-order valence-corrected chi connectivity index (χ0v) is 11.6. The second-order valence-corrected chi connectivity index (χ2v) is 5.66. The van der Waals surface area contributed by atoms with Gasteiger partial charge in [-0.25, -0.2) is 4.79 Å². The molecular formula is C13H27NO2. The quantitative estimate of drug-likeness (QED) is 0.698. The van der Waals surface area contributed by atoms with Crippen molar-refractivity contribution in [3.8, 4) is 0 Å². The van der Waals surface area contributed by atoms with Crippen molar-refractivity contribution in [1.29, 1.82) is 0 Å². The van der Waals surface area contributed by atoms with E-state index < -0.39 is 0 Å². The van der Waals surface area contributed by atoms with Crippen molar-refractivity contribution in [3.05, 3.63) is 0 Å². The Labute approximate surface area is 100 Å². The van der Waals surface area contributed by atoms with Gasteiger partial charge < -0.3 is 9.64 Å². The summed E-state index contributed by atoms with van der Waals surface area (Å²) in [6.45, 7) is 14.6. The molecule has 3 nitrogen and oxygen atoms in total. The molecule has 0 atom stereocenters. The molecular weight excluding hydrogens is 202 g/mol. The number of rotatable bonds is 6. The van der Waals surface area contributed by atoms with Crippen LogP contribution < -0.4 is 0 Å². The molecule has 0 heterocycles. The number of ether oxygens (including phenoxy) is 1. The summed E-state index contributed by atoms with van der Waals surface area (Å²) in [4.78, 5) is 13.6. The third-order valence-electron chi connectivity index (χ3n) is 1.97. The summed E-state index contributed by atoms with van der Waals surface area (Å²) >= 11 is 0. The van der Waals surface area contributed by atoms with Gasteiger partial charge in [-0.15, -0.1) is 0 Å². The van der Waals surface area contributed by atoms with E-state index in [4.69, 9.17) is 4.74 Å². The third kappa shape index (κ3) is 7.55. The summed E-state index contributed by atoms with van der Waals surface area (Å²) in [6, 6.07) is 0. The van der Waals surface area contributed by atoms with Gasteiger partial charge in [-0.1, -0.05) is 41.5 Å². The van der Waals surface area contributed by atoms with Crippen LogP contribution in [0.4, 0.5) is 4.79 Å². The molecule has 3 heteroatoms. The molecule has 0 bridgehead atoms. The van der Waals surface area contributed by atoms with Crippen molar-refractivity contribution in [2.24, 2.45) is 17.8 Å². The fraction of sp³-hybridized carbons (Fsp3) is 0.923. The molecule has 0 radical (unpaired) electrons. The first-order chi connectivity index (χ1) is 7.32. The van der Waals surface area contributed by atoms with Crippen LogP contribution in [0.5, 0.6) is 0 Å². The van der Waals surface area contributed by atoms with E-state index in [2.05, 4.69) is 27.7 Å². The largest absolute Gasteiger partial charge is 0.449 e. The van der Waals surface area contributed by atoms with Crippen LogP contribution in [0.3, 0.4) is 0 Å². The van der Waals surface area contributed by atoms with Gasteiger partial charge in [0, 0.05) is 13.1 Å². The van der Waals surface area contributed by atoms with E-state index in [1.54, 1.807) is 0 Å². The Morgan fingerprint density at radius 2 is 1.38 bits per heavy atom. The molecule has 16 heavy (non-hydrogen) atoms. The van der Waals surface area contributed by atoms with Crippen molar-refractivity contribution in [2.45, 2.75) is 41.5 Å². The zero-order valence-electron chi connectivity index (χ0n) is 11.6. The molecule has 0 aliphatic rings. The SMILES string of the molecule is CC(C)COC(=O)N(CC(C)C)CC(C)C. The van der Waals surface area contributed by atoms with Gasteiger partial charge in [0.2, 0.25) is 0 Å². The Balaban J connectivity index is 4.20. The van der Waals surface area contributed by atoms with Crippen molar-refractivity contribution < 1.29 is 9.53 Å². The lowest BCUT2D eigenvalue weighted by Gasteiger charge is -2.26. The molecule has 0 unspecified atom stereocenters. The molecule has 0 rings (SSSR count). The number of hydrogen-bond donors (Lipinski definition) is 0. The standard InChI is InChI=1S/C13H27NO2/c1-10(2)7-14(8-11(3)4)13(15)16-9-12(5)6/h10-12H,7-9H2,1-6H3. The second-order valence-electron chi connectivity index (χ2n) is 5.66. The fourth-order valence-electron chi connectivity index (χ4n) is 1.43. The predicted molar refractivity (Wildman–Crippen MR) is 67.4 cm³/mol. The van der Waals surface area contributed by atoms with Crippen LogP contribution in [0.15, 0.2) is 0 Å². The minimum Gasteiger partial charge on any atom is -0.449 e. The van der Waals surface area contributed by atoms with Crippen molar-refractivity contribution in [2.75, 3.05) is 19.7 Å². The molecule has 0 aromatic carbocycles. The summed E-state index contributed by atoms with van der Waals surface area (Å²) < 4.78 is 5.25. The monoisotopic (exact) mass is 229 g/mol. The van der Waals surface area contributed by atoms with Crippen LogP contribution >= 0.6 is 0 Å². The molecule has 0 aliphatic carbocycles. The Morgan fingerprint density at radius 1 is 0.938 bits per heavy atom. The van der Waals surface area contributed by atoms with Gasteiger partial charge in [0.15, 0.2) is 0 Å². The van der Waals surface area contributed by atoms with E-state index in [0.29, 0.717) is 24.4 Å². The zero-order chi connectivity index (χ0) is 12.7. The molecule has 0 aliphatic heterocycles. The summed E-state index contributed by atoms with van der Waals surface area (Å²) in [7, 11) is 0. The van der Waals surface area contributed by atoms with Crippen molar-refractivity contribution in [3.63, 3.8) is 0 Å². The van der Waals surface area contributed by atoms with E-state index >= 15 is 0 Å². The van der Waals surface area contributed by atoms with E-state index in [0.717, 1.165) is 13.1 Å². The highest BCUT2D eigenvalue weighted by atomic mass is 16.6. The Kier molecular flexibility index (Phi) is 7.18. The van der Waals surface area contributed by atoms with E-state index in [-0.39, 0.29) is 6.09 Å². The first-order valence-electron chi connectivity index (χ1n) is 6.24. The summed E-state index contributed by atoms with van der Waals surface area (Å²) in [5.74, 6) is 1.35. The number of hydrogen-bond acceptors (Lipinski definition) is 2. The maximum absolute atomic E-state index is 11.8. The summed E-state index contributed by atoms with van der Waals surface area (Å²) in [6.07, 6.45) is -0.170. The van der Waals surface area contributed by atoms with Gasteiger partial charge in [0.25, 0.3) is 0 Å². The lowest BCUT2D eigenvalue weighted by atomic mass is 10.1. The molecule has 0 aromatic heterocycles. The number of carbonyl (C=O) groups excluding carboxylic acids is 1. The van der Waals surface area contributed by atoms with Gasteiger partial charge in [0.1, 0.15) is 0 Å². The molecule has 96 valence electrons. The first-order valence-corrected chi connectivity index (χ1v) is 6.24. The highest BCUT2D eigenvalue weighted by Gasteiger charge is 2.17. The van der Waals surface area contributed by atoms with Crippen LogP contribution in [0.25, 0.3) is 0 Å². The van der Waals surface area contributed by atoms with Gasteiger partial charge in [-0.2, -0.15) is 0 Å². The minimum absolute atomic E-state index is 0.170. The highest BCUT2D eigenvalue weighted by molar-refractivity contribution is 5.67. The molecule has 1 amide bonds. The maximum Gasteiger partial charge on any atom is 0.409 e. The van der Waals surface area contributed by atoms with Gasteiger partial charge in [-0.05, 0) is 17.8 Å². The van der Waals surface area contributed by atoms with Crippen LogP contribution in [0.2, 0.25) is 0 Å². The maximum atomic E-state index is 11.8. The van der Waals surface area contributed by atoms with Crippen molar-refractivity contribution >= 4 is 6.09 Å². The summed E-state index contributed by atoms with van der Waals surface area (Å²) in [5, 5.41) is 0. The Bertz CT molecular complexity index is 190. The Morgan fingerprint density at radius 3 is 1.69 bits per heavy atom. The molecule has 0 saturated heterocycles. The van der Waals surface area contributed by atoms with Crippen LogP contribution in [0.1, 0.15) is 41.5 Å². The third-order valence-corrected chi connectivity index (χ3v) is 1.97. The van der Waals surface area contributed by atoms with Crippen LogP contribution in [-0.2, 0) is 4.74 Å². The van der Waals surface area contributed by atoms with Gasteiger partial charge in [-0.3, -0.25) is 0 Å². The second kappa shape index (κ2) is 7.53. The molecule has 0 fully saturated rings. The topological polar surface area (TPSA) is 29.5 Å². The smallest absolute Gasteiger partial charge is 0.409 e. The fourth-order valence-corrected chi connectivity index (χ4v) is 1.43. The molecule has 0 saturated carbocycles. The average molecular weight is 229 g/mol. The average Bonchev–Trinajstić information content (AvgIpc) is 2.11. The molecule has 0 aromatic rings. The molecule has 0 spiro atoms. The summed E-state index contributed by atoms with van der Waals surface area (Å²) in [5.41, 5.74) is 0. The Hall–Kier alpha value is -0.730. The van der Waals surface area contributed by atoms with Crippen LogP contribution in [0, 0.1) is 17.8 Å². The van der Waals surface area contributed by atoms with Crippen LogP contribution in [-0.4, -0.2) is 30.7 Å². The van der Waals surface area contributed by atoms with E-state index in [1.807, 2.05) is 18.7 Å². The lowest BCUT2D eigenvalue weighted by Crippen LogP contribution is -2.37. The number of amides is 1. The molecule has 0 N–H and O–H groups in total. The number of nitrogens with zero attached hydrogens (tertiary/aromatic N) is 1. The van der Waals surface area contributed by atoms with Gasteiger partial charge in [0.05, 0.1) is 6.61 Å². The first kappa shape index (κ1) is 15.3. The van der Waals surface area contributed by atoms with E-state index in [9.17, 15) is 4.79 Å². The van der Waals surface area contributed by atoms with Gasteiger partial charge >= 0.3 is 6.09 Å². The van der Waals surface area contributed by atoms with E-state index in [1.165, 1.54) is 0 Å². The highest BCUT2D eigenvalue weighted by Crippen LogP contribution is 2.06. The van der Waals surface area contributed by atoms with Crippen molar-refractivity contribution in [1.82, 2.24) is 4.90 Å².